The van der Waals surface area contributed by atoms with E-state index in [0.29, 0.717) is 5.56 Å². The Morgan fingerprint density at radius 2 is 2.14 bits per heavy atom. The molecule has 0 radical (unpaired) electrons. The maximum Gasteiger partial charge on any atom is 0.125 e. The van der Waals surface area contributed by atoms with Crippen molar-refractivity contribution >= 4 is 11.8 Å². The Bertz CT molecular complexity index is 328. The molecule has 1 aromatic rings. The molecule has 0 aliphatic heterocycles. The van der Waals surface area contributed by atoms with Crippen LogP contribution >= 0.6 is 11.8 Å². The van der Waals surface area contributed by atoms with Crippen molar-refractivity contribution in [1.82, 2.24) is 0 Å². The molecule has 1 unspecified atom stereocenters. The van der Waals surface area contributed by atoms with E-state index in [2.05, 4.69) is 0 Å². The molecule has 0 amide bonds. The van der Waals surface area contributed by atoms with Gasteiger partial charge in [0.1, 0.15) is 5.75 Å². The lowest BCUT2D eigenvalue weighted by Gasteiger charge is -2.15. The average molecular weight is 213 g/mol. The number of aryl methyl sites for hydroxylation is 1. The van der Waals surface area contributed by atoms with Crippen LogP contribution in [0.2, 0.25) is 0 Å². The highest BCUT2D eigenvalue weighted by molar-refractivity contribution is 7.98. The van der Waals surface area contributed by atoms with Crippen LogP contribution in [-0.4, -0.2) is 23.0 Å². The normalized spacial score (nSPS) is 12.9. The summed E-state index contributed by atoms with van der Waals surface area (Å²) in [6.07, 6.45) is 1.11. The number of hydrogen-bond acceptors (Lipinski definition) is 4. The monoisotopic (exact) mass is 213 g/mol. The van der Waals surface area contributed by atoms with Crippen LogP contribution in [0.15, 0.2) is 17.0 Å². The number of nitrogens with two attached hydrogens (primary N) is 1. The van der Waals surface area contributed by atoms with Gasteiger partial charge in [0.2, 0.25) is 0 Å². The Morgan fingerprint density at radius 3 is 2.64 bits per heavy atom. The Morgan fingerprint density at radius 1 is 1.50 bits per heavy atom. The van der Waals surface area contributed by atoms with Crippen LogP contribution in [0, 0.1) is 6.92 Å². The minimum Gasteiger partial charge on any atom is -0.507 e. The third-order valence-corrected chi connectivity index (χ3v) is 2.95. The predicted molar refractivity (Wildman–Crippen MR) is 58.6 cm³/mol. The Kier molecular flexibility index (Phi) is 3.80. The van der Waals surface area contributed by atoms with Crippen LogP contribution in [0.1, 0.15) is 17.2 Å². The van der Waals surface area contributed by atoms with Gasteiger partial charge in [-0.1, -0.05) is 6.07 Å². The fourth-order valence-electron chi connectivity index (χ4n) is 1.32. The molecule has 4 heteroatoms. The zero-order valence-corrected chi connectivity index (χ0v) is 9.14. The lowest BCUT2D eigenvalue weighted by molar-refractivity contribution is 0.179. The van der Waals surface area contributed by atoms with Crippen molar-refractivity contribution in [3.63, 3.8) is 0 Å². The second-order valence-corrected chi connectivity index (χ2v) is 3.95. The van der Waals surface area contributed by atoms with E-state index in [1.807, 2.05) is 18.4 Å². The van der Waals surface area contributed by atoms with E-state index in [0.717, 1.165) is 10.5 Å². The number of phenolic OH excluding ortho intramolecular Hbond substituents is 1. The molecule has 0 fully saturated rings. The summed E-state index contributed by atoms with van der Waals surface area (Å²) in [5.41, 5.74) is 6.67. The summed E-state index contributed by atoms with van der Waals surface area (Å²) >= 11 is 1.49. The Hall–Kier alpha value is -0.710. The van der Waals surface area contributed by atoms with Crippen molar-refractivity contribution in [2.75, 3.05) is 12.8 Å². The molecule has 0 aliphatic rings. The number of benzene rings is 1. The molecule has 1 atom stereocenters. The third-order valence-electron chi connectivity index (χ3n) is 2.16. The number of phenols is 1. The number of rotatable bonds is 3. The SMILES string of the molecule is CSc1ccc(C)c(O)c1C(O)CN. The van der Waals surface area contributed by atoms with Gasteiger partial charge >= 0.3 is 0 Å². The zero-order valence-electron chi connectivity index (χ0n) is 8.32. The Balaban J connectivity index is 3.27. The van der Waals surface area contributed by atoms with Gasteiger partial charge in [0, 0.05) is 17.0 Å². The molecule has 0 aromatic heterocycles. The van der Waals surface area contributed by atoms with Gasteiger partial charge in [0.25, 0.3) is 0 Å². The van der Waals surface area contributed by atoms with Crippen molar-refractivity contribution in [1.29, 1.82) is 0 Å². The van der Waals surface area contributed by atoms with Gasteiger partial charge in [-0.15, -0.1) is 11.8 Å². The largest absolute Gasteiger partial charge is 0.507 e. The van der Waals surface area contributed by atoms with E-state index >= 15 is 0 Å². The number of hydrogen-bond donors (Lipinski definition) is 3. The van der Waals surface area contributed by atoms with Crippen molar-refractivity contribution in [3.05, 3.63) is 23.3 Å². The molecule has 0 heterocycles. The number of aliphatic hydroxyl groups is 1. The first-order valence-electron chi connectivity index (χ1n) is 4.36. The summed E-state index contributed by atoms with van der Waals surface area (Å²) in [6.45, 7) is 1.91. The van der Waals surface area contributed by atoms with Crippen molar-refractivity contribution in [2.24, 2.45) is 5.73 Å². The highest BCUT2D eigenvalue weighted by atomic mass is 32.2. The molecule has 4 N–H and O–H groups in total. The number of thioether (sulfide) groups is 1. The molecule has 0 saturated heterocycles. The first kappa shape index (κ1) is 11.4. The van der Waals surface area contributed by atoms with E-state index < -0.39 is 6.10 Å². The summed E-state index contributed by atoms with van der Waals surface area (Å²) in [4.78, 5) is 0.867. The lowest BCUT2D eigenvalue weighted by atomic mass is 10.0. The highest BCUT2D eigenvalue weighted by Crippen LogP contribution is 2.35. The van der Waals surface area contributed by atoms with Gasteiger partial charge in [0.15, 0.2) is 0 Å². The molecule has 78 valence electrons. The minimum atomic E-state index is -0.794. The molecule has 0 aliphatic carbocycles. The molecule has 0 bridgehead atoms. The zero-order chi connectivity index (χ0) is 10.7. The predicted octanol–water partition coefficient (Wildman–Crippen LogP) is 1.41. The fraction of sp³-hybridized carbons (Fsp3) is 0.400. The van der Waals surface area contributed by atoms with E-state index in [4.69, 9.17) is 5.73 Å². The summed E-state index contributed by atoms with van der Waals surface area (Å²) in [6, 6.07) is 3.71. The van der Waals surface area contributed by atoms with Crippen LogP contribution < -0.4 is 5.73 Å². The lowest BCUT2D eigenvalue weighted by Crippen LogP contribution is -2.12. The average Bonchev–Trinajstić information content (AvgIpc) is 2.20. The van der Waals surface area contributed by atoms with Gasteiger partial charge < -0.3 is 15.9 Å². The summed E-state index contributed by atoms with van der Waals surface area (Å²) in [7, 11) is 0. The van der Waals surface area contributed by atoms with Crippen molar-refractivity contribution in [2.45, 2.75) is 17.9 Å². The molecular formula is C10H15NO2S. The second kappa shape index (κ2) is 4.68. The Labute approximate surface area is 87.9 Å². The maximum absolute atomic E-state index is 9.78. The van der Waals surface area contributed by atoms with Crippen LogP contribution in [0.5, 0.6) is 5.75 Å². The van der Waals surface area contributed by atoms with Gasteiger partial charge in [-0.2, -0.15) is 0 Å². The first-order chi connectivity index (χ1) is 6.61. The van der Waals surface area contributed by atoms with Crippen LogP contribution in [-0.2, 0) is 0 Å². The summed E-state index contributed by atoms with van der Waals surface area (Å²) in [5.74, 6) is 0.148. The van der Waals surface area contributed by atoms with Crippen LogP contribution in [0.4, 0.5) is 0 Å². The quantitative estimate of drug-likeness (QED) is 0.664. The smallest absolute Gasteiger partial charge is 0.125 e. The molecule has 1 aromatic carbocycles. The van der Waals surface area contributed by atoms with E-state index in [1.54, 1.807) is 6.92 Å². The first-order valence-corrected chi connectivity index (χ1v) is 5.58. The van der Waals surface area contributed by atoms with E-state index in [9.17, 15) is 10.2 Å². The summed E-state index contributed by atoms with van der Waals surface area (Å²) in [5, 5.41) is 19.4. The molecule has 1 rings (SSSR count). The van der Waals surface area contributed by atoms with Crippen molar-refractivity contribution in [3.8, 4) is 5.75 Å². The van der Waals surface area contributed by atoms with Gasteiger partial charge in [-0.25, -0.2) is 0 Å². The fourth-order valence-corrected chi connectivity index (χ4v) is 1.97. The van der Waals surface area contributed by atoms with Crippen molar-refractivity contribution < 1.29 is 10.2 Å². The molecule has 0 saturated carbocycles. The molecule has 3 nitrogen and oxygen atoms in total. The van der Waals surface area contributed by atoms with E-state index in [-0.39, 0.29) is 12.3 Å². The molecule has 0 spiro atoms. The van der Waals surface area contributed by atoms with Crippen LogP contribution in [0.3, 0.4) is 0 Å². The molecule has 14 heavy (non-hydrogen) atoms. The highest BCUT2D eigenvalue weighted by Gasteiger charge is 2.16. The molecular weight excluding hydrogens is 198 g/mol. The van der Waals surface area contributed by atoms with Gasteiger partial charge in [0.05, 0.1) is 6.10 Å². The standard InChI is InChI=1S/C10H15NO2S/c1-6-3-4-8(14-2)9(10(6)13)7(12)5-11/h3-4,7,12-13H,5,11H2,1-2H3. The van der Waals surface area contributed by atoms with Crippen LogP contribution in [0.25, 0.3) is 0 Å². The number of aromatic hydroxyl groups is 1. The second-order valence-electron chi connectivity index (χ2n) is 3.10. The van der Waals surface area contributed by atoms with Gasteiger partial charge in [-0.05, 0) is 24.8 Å². The number of aliphatic hydroxyl groups excluding tert-OH is 1. The van der Waals surface area contributed by atoms with E-state index in [1.165, 1.54) is 11.8 Å². The van der Waals surface area contributed by atoms with Gasteiger partial charge in [-0.3, -0.25) is 0 Å². The topological polar surface area (TPSA) is 66.5 Å². The maximum atomic E-state index is 9.78. The summed E-state index contributed by atoms with van der Waals surface area (Å²) < 4.78 is 0. The third kappa shape index (κ3) is 2.03. The minimum absolute atomic E-state index is 0.116.